The first-order chi connectivity index (χ1) is 3.71. The van der Waals surface area contributed by atoms with Gasteiger partial charge in [-0.15, -0.1) is 0 Å². The first kappa shape index (κ1) is 9.73. The van der Waals surface area contributed by atoms with Gasteiger partial charge in [0.15, 0.2) is 0 Å². The third-order valence-electron chi connectivity index (χ3n) is 0.693. The molecule has 0 N–H and O–H groups in total. The molecule has 9 heavy (non-hydrogen) atoms. The molecule has 0 unspecified atom stereocenters. The molecule has 2 heteroatoms. The molecule has 0 rings (SSSR count). The van der Waals surface area contributed by atoms with Crippen LogP contribution in [0.1, 0.15) is 0 Å². The van der Waals surface area contributed by atoms with Gasteiger partial charge < -0.3 is 0 Å². The fraction of sp³-hybridized carbons (Fsp3) is 0.857. The van der Waals surface area contributed by atoms with Crippen LogP contribution >= 0.6 is 14.1 Å². The Kier molecular flexibility index (Phi) is 2.99. The summed E-state index contributed by atoms with van der Waals surface area (Å²) < 4.78 is 0. The molecule has 0 aromatic heterocycles. The van der Waals surface area contributed by atoms with E-state index in [1.54, 1.807) is 0 Å². The van der Waals surface area contributed by atoms with Gasteiger partial charge in [-0.05, 0) is 20.0 Å². The van der Waals surface area contributed by atoms with Gasteiger partial charge in [-0.1, -0.05) is 6.89 Å². The van der Waals surface area contributed by atoms with Crippen molar-refractivity contribution in [3.05, 3.63) is 0 Å². The smallest absolute Gasteiger partial charge is 0.0525 e. The van der Waals surface area contributed by atoms with Crippen LogP contribution in [-0.4, -0.2) is 45.5 Å². The van der Waals surface area contributed by atoms with Crippen molar-refractivity contribution in [2.75, 3.05) is 40.0 Å². The summed E-state index contributed by atoms with van der Waals surface area (Å²) in [5.74, 6) is 0. The monoisotopic (exact) mass is 165 g/mol. The predicted octanol–water partition coefficient (Wildman–Crippen LogP) is 2.56. The third-order valence-corrected chi connectivity index (χ3v) is 6.24. The Labute approximate surface area is 60.4 Å². The topological polar surface area (TPSA) is 0 Å². The second-order valence-corrected chi connectivity index (χ2v) is 13.7. The highest BCUT2D eigenvalue weighted by Gasteiger charge is 2.14. The van der Waals surface area contributed by atoms with Crippen molar-refractivity contribution in [2.45, 2.75) is 0 Å². The minimum Gasteiger partial charge on any atom is -0.0783 e. The zero-order valence-electron chi connectivity index (χ0n) is 7.47. The lowest BCUT2D eigenvalue weighted by Crippen LogP contribution is -1.87. The van der Waals surface area contributed by atoms with Crippen molar-refractivity contribution in [1.82, 2.24) is 0 Å². The maximum absolute atomic E-state index is 2.60. The van der Waals surface area contributed by atoms with E-state index in [2.05, 4.69) is 45.5 Å². The standard InChI is InChI=1S/C7H19P2/c1-8(2,3)7-9(4,5)6/h7H,1-6H3/q+1. The van der Waals surface area contributed by atoms with Crippen molar-refractivity contribution in [3.8, 4) is 0 Å². The highest BCUT2D eigenvalue weighted by molar-refractivity contribution is 8.00. The van der Waals surface area contributed by atoms with Gasteiger partial charge in [0.05, 0.1) is 25.5 Å². The molecular weight excluding hydrogens is 146 g/mol. The van der Waals surface area contributed by atoms with Crippen molar-refractivity contribution in [2.24, 2.45) is 0 Å². The summed E-state index contributed by atoms with van der Waals surface area (Å²) in [5.41, 5.74) is 2.60. The minimum absolute atomic E-state index is 0.613. The molecule has 0 saturated heterocycles. The molecule has 0 amide bonds. The SMILES string of the molecule is CP(C)(C)=C[P+](C)(C)C. The minimum atomic E-state index is -0.613. The molecule has 0 spiro atoms. The predicted molar refractivity (Wildman–Crippen MR) is 55.4 cm³/mol. The van der Waals surface area contributed by atoms with Crippen molar-refractivity contribution < 1.29 is 0 Å². The van der Waals surface area contributed by atoms with E-state index in [4.69, 9.17) is 0 Å². The van der Waals surface area contributed by atoms with E-state index in [-0.39, 0.29) is 0 Å². The van der Waals surface area contributed by atoms with Gasteiger partial charge >= 0.3 is 0 Å². The van der Waals surface area contributed by atoms with Gasteiger partial charge in [-0.3, -0.25) is 0 Å². The summed E-state index contributed by atoms with van der Waals surface area (Å²) in [6.07, 6.45) is 0. The van der Waals surface area contributed by atoms with Crippen LogP contribution in [0, 0.1) is 0 Å². The Morgan fingerprint density at radius 1 is 1.00 bits per heavy atom. The maximum atomic E-state index is 2.60. The first-order valence-corrected chi connectivity index (χ1v) is 9.60. The second-order valence-electron chi connectivity index (χ2n) is 4.35. The summed E-state index contributed by atoms with van der Waals surface area (Å²) in [6.45, 7) is 13.6. The molecule has 0 heterocycles. The lowest BCUT2D eigenvalue weighted by atomic mass is 11.8. The van der Waals surface area contributed by atoms with Crippen LogP contribution in [0.5, 0.6) is 0 Å². The lowest BCUT2D eigenvalue weighted by molar-refractivity contribution is 2.07. The molecule has 0 radical (unpaired) electrons. The summed E-state index contributed by atoms with van der Waals surface area (Å²) in [7, 11) is -0.613. The van der Waals surface area contributed by atoms with Crippen molar-refractivity contribution >= 4 is 19.7 Å². The second kappa shape index (κ2) is 2.77. The van der Waals surface area contributed by atoms with Crippen LogP contribution in [0.3, 0.4) is 0 Å². The summed E-state index contributed by atoms with van der Waals surface area (Å²) in [6, 6.07) is 0. The first-order valence-electron chi connectivity index (χ1n) is 3.20. The van der Waals surface area contributed by atoms with Crippen LogP contribution in [-0.2, 0) is 0 Å². The molecule has 0 nitrogen and oxygen atoms in total. The molecule has 0 aromatic rings. The molecular formula is C7H19P2+. The van der Waals surface area contributed by atoms with Crippen LogP contribution in [0.2, 0.25) is 0 Å². The van der Waals surface area contributed by atoms with E-state index >= 15 is 0 Å². The average Bonchev–Trinajstić information content (AvgIpc) is 1.14. The molecule has 0 aliphatic carbocycles. The molecule has 0 aliphatic rings. The molecule has 0 atom stereocenters. The maximum Gasteiger partial charge on any atom is 0.0525 e. The molecule has 56 valence electrons. The normalized spacial score (nSPS) is 13.6. The number of hydrogen-bond acceptors (Lipinski definition) is 0. The van der Waals surface area contributed by atoms with Crippen LogP contribution in [0.4, 0.5) is 0 Å². The van der Waals surface area contributed by atoms with Crippen molar-refractivity contribution in [3.63, 3.8) is 0 Å². The van der Waals surface area contributed by atoms with Crippen LogP contribution in [0.25, 0.3) is 0 Å². The van der Waals surface area contributed by atoms with E-state index in [0.717, 1.165) is 0 Å². The number of rotatable bonds is 1. The summed E-state index contributed by atoms with van der Waals surface area (Å²) >= 11 is 0. The number of hydrogen-bond donors (Lipinski definition) is 0. The Bertz CT molecular complexity index is 125. The van der Waals surface area contributed by atoms with E-state index in [1.165, 1.54) is 0 Å². The molecule has 0 aromatic carbocycles. The summed E-state index contributed by atoms with van der Waals surface area (Å²) in [4.78, 5) is 0. The van der Waals surface area contributed by atoms with Gasteiger partial charge in [0.25, 0.3) is 0 Å². The molecule has 0 fully saturated rings. The quantitative estimate of drug-likeness (QED) is 0.524. The van der Waals surface area contributed by atoms with Gasteiger partial charge in [-0.25, -0.2) is 0 Å². The molecule has 0 aliphatic heterocycles. The van der Waals surface area contributed by atoms with Crippen molar-refractivity contribution in [1.29, 1.82) is 0 Å². The lowest BCUT2D eigenvalue weighted by Gasteiger charge is -2.11. The zero-order valence-corrected chi connectivity index (χ0v) is 9.26. The largest absolute Gasteiger partial charge is 0.0783 e. The highest BCUT2D eigenvalue weighted by atomic mass is 31.2. The van der Waals surface area contributed by atoms with Gasteiger partial charge in [0.2, 0.25) is 0 Å². The van der Waals surface area contributed by atoms with Gasteiger partial charge in [-0.2, -0.15) is 0 Å². The van der Waals surface area contributed by atoms with Crippen LogP contribution < -0.4 is 0 Å². The van der Waals surface area contributed by atoms with Gasteiger partial charge in [0, 0.05) is 7.26 Å². The van der Waals surface area contributed by atoms with Gasteiger partial charge in [0.1, 0.15) is 0 Å². The van der Waals surface area contributed by atoms with E-state index in [1.807, 2.05) is 0 Å². The Morgan fingerprint density at radius 3 is 1.33 bits per heavy atom. The Balaban J connectivity index is 4.32. The molecule has 0 saturated carbocycles. The fourth-order valence-corrected chi connectivity index (χ4v) is 9.35. The Hall–Kier alpha value is 0.730. The van der Waals surface area contributed by atoms with E-state index < -0.39 is 14.1 Å². The van der Waals surface area contributed by atoms with Crippen LogP contribution in [0.15, 0.2) is 0 Å². The third kappa shape index (κ3) is 8.73. The summed E-state index contributed by atoms with van der Waals surface area (Å²) in [5, 5.41) is 0. The fourth-order valence-electron chi connectivity index (χ4n) is 1.04. The van der Waals surface area contributed by atoms with E-state index in [9.17, 15) is 0 Å². The Morgan fingerprint density at radius 2 is 1.33 bits per heavy atom. The van der Waals surface area contributed by atoms with E-state index in [0.29, 0.717) is 0 Å². The highest BCUT2D eigenvalue weighted by Crippen LogP contribution is 2.51. The molecule has 0 bridgehead atoms. The zero-order chi connectivity index (χ0) is 7.71. The average molecular weight is 165 g/mol.